The number of sulfonamides is 1. The molecule has 0 spiro atoms. The summed E-state index contributed by atoms with van der Waals surface area (Å²) in [6.07, 6.45) is 3.36. The summed E-state index contributed by atoms with van der Waals surface area (Å²) in [4.78, 5) is 0. The number of aromatic nitrogens is 2. The molecule has 98 valence electrons. The first kappa shape index (κ1) is 14.4. The third-order valence-corrected chi connectivity index (χ3v) is 4.26. The van der Waals surface area contributed by atoms with E-state index in [2.05, 4.69) is 15.1 Å². The number of nitrogens with one attached hydrogen (secondary N) is 2. The van der Waals surface area contributed by atoms with E-state index in [4.69, 9.17) is 0 Å². The van der Waals surface area contributed by atoms with Crippen molar-refractivity contribution < 1.29 is 8.42 Å². The van der Waals surface area contributed by atoms with Crippen molar-refractivity contribution in [3.63, 3.8) is 0 Å². The van der Waals surface area contributed by atoms with E-state index in [1.807, 2.05) is 0 Å². The second-order valence-electron chi connectivity index (χ2n) is 3.96. The lowest BCUT2D eigenvalue weighted by molar-refractivity contribution is 0.427. The van der Waals surface area contributed by atoms with Crippen LogP contribution in [0.15, 0.2) is 17.3 Å². The van der Waals surface area contributed by atoms with Crippen molar-refractivity contribution in [1.82, 2.24) is 19.8 Å². The Morgan fingerprint density at radius 3 is 2.88 bits per heavy atom. The molecular weight excluding hydrogens is 264 g/mol. The number of hydrogen-bond donors (Lipinski definition) is 2. The van der Waals surface area contributed by atoms with E-state index in [1.165, 1.54) is 16.9 Å². The number of piperidine rings is 1. The van der Waals surface area contributed by atoms with E-state index >= 15 is 0 Å². The van der Waals surface area contributed by atoms with Gasteiger partial charge in [-0.3, -0.25) is 4.68 Å². The molecule has 0 amide bonds. The van der Waals surface area contributed by atoms with Crippen LogP contribution in [-0.4, -0.2) is 37.3 Å². The monoisotopic (exact) mass is 280 g/mol. The number of halogens is 1. The van der Waals surface area contributed by atoms with Crippen LogP contribution in [-0.2, 0) is 17.1 Å². The van der Waals surface area contributed by atoms with Crippen molar-refractivity contribution in [2.24, 2.45) is 7.05 Å². The first-order chi connectivity index (χ1) is 7.59. The van der Waals surface area contributed by atoms with Crippen molar-refractivity contribution in [2.45, 2.75) is 23.9 Å². The Kier molecular flexibility index (Phi) is 4.93. The molecule has 17 heavy (non-hydrogen) atoms. The molecule has 6 nitrogen and oxygen atoms in total. The van der Waals surface area contributed by atoms with E-state index < -0.39 is 10.0 Å². The van der Waals surface area contributed by atoms with Crippen LogP contribution in [0.3, 0.4) is 0 Å². The highest BCUT2D eigenvalue weighted by molar-refractivity contribution is 7.89. The lowest BCUT2D eigenvalue weighted by Gasteiger charge is -2.23. The summed E-state index contributed by atoms with van der Waals surface area (Å²) in [5.74, 6) is 0. The molecule has 1 atom stereocenters. The van der Waals surface area contributed by atoms with E-state index in [1.54, 1.807) is 7.05 Å². The zero-order chi connectivity index (χ0) is 11.6. The molecule has 0 saturated carbocycles. The Labute approximate surface area is 107 Å². The minimum atomic E-state index is -3.44. The predicted molar refractivity (Wildman–Crippen MR) is 66.7 cm³/mol. The van der Waals surface area contributed by atoms with Gasteiger partial charge in [0.1, 0.15) is 0 Å². The van der Waals surface area contributed by atoms with Crippen LogP contribution in [0.4, 0.5) is 0 Å². The van der Waals surface area contributed by atoms with E-state index in [0.717, 1.165) is 19.4 Å². The first-order valence-electron chi connectivity index (χ1n) is 5.30. The van der Waals surface area contributed by atoms with Crippen LogP contribution >= 0.6 is 12.4 Å². The maximum absolute atomic E-state index is 12.0. The molecule has 1 saturated heterocycles. The predicted octanol–water partition coefficient (Wildman–Crippen LogP) is -0.128. The van der Waals surface area contributed by atoms with E-state index in [-0.39, 0.29) is 23.5 Å². The maximum atomic E-state index is 12.0. The number of nitrogens with zero attached hydrogens (tertiary/aromatic N) is 2. The molecule has 1 unspecified atom stereocenters. The quantitative estimate of drug-likeness (QED) is 0.809. The summed E-state index contributed by atoms with van der Waals surface area (Å²) in [5.41, 5.74) is 0. The molecule has 1 aromatic heterocycles. The van der Waals surface area contributed by atoms with Gasteiger partial charge >= 0.3 is 0 Å². The zero-order valence-electron chi connectivity index (χ0n) is 9.59. The molecule has 1 fully saturated rings. The fourth-order valence-corrected chi connectivity index (χ4v) is 3.25. The van der Waals surface area contributed by atoms with Crippen molar-refractivity contribution in [1.29, 1.82) is 0 Å². The second-order valence-corrected chi connectivity index (χ2v) is 5.62. The minimum absolute atomic E-state index is 0. The van der Waals surface area contributed by atoms with E-state index in [9.17, 15) is 8.42 Å². The Bertz CT molecular complexity index is 453. The number of rotatable bonds is 3. The van der Waals surface area contributed by atoms with Crippen LogP contribution < -0.4 is 10.0 Å². The van der Waals surface area contributed by atoms with Gasteiger partial charge in [0.2, 0.25) is 0 Å². The summed E-state index contributed by atoms with van der Waals surface area (Å²) in [6, 6.07) is 1.48. The molecule has 8 heteroatoms. The molecule has 1 aliphatic rings. The van der Waals surface area contributed by atoms with Gasteiger partial charge in [-0.1, -0.05) is 0 Å². The standard InChI is InChI=1S/C9H16N4O2S.ClH/c1-13-9(4-6-11-13)16(14,15)12-8-3-2-5-10-7-8;/h4,6,8,10,12H,2-3,5,7H2,1H3;1H. The summed E-state index contributed by atoms with van der Waals surface area (Å²) in [7, 11) is -1.82. The Morgan fingerprint density at radius 1 is 1.59 bits per heavy atom. The van der Waals surface area contributed by atoms with Crippen LogP contribution in [0, 0.1) is 0 Å². The summed E-state index contributed by atoms with van der Waals surface area (Å²) < 4.78 is 28.0. The van der Waals surface area contributed by atoms with Crippen molar-refractivity contribution >= 4 is 22.4 Å². The van der Waals surface area contributed by atoms with E-state index in [0.29, 0.717) is 6.54 Å². The van der Waals surface area contributed by atoms with Gasteiger partial charge in [0.25, 0.3) is 10.0 Å². The Hall–Kier alpha value is -0.630. The molecule has 2 heterocycles. The topological polar surface area (TPSA) is 76.0 Å². The second kappa shape index (κ2) is 5.81. The number of aryl methyl sites for hydroxylation is 1. The van der Waals surface area contributed by atoms with Crippen molar-refractivity contribution in [3.05, 3.63) is 12.3 Å². The van der Waals surface area contributed by atoms with Crippen LogP contribution in [0.1, 0.15) is 12.8 Å². The highest BCUT2D eigenvalue weighted by Gasteiger charge is 2.23. The Balaban J connectivity index is 0.00000144. The van der Waals surface area contributed by atoms with Crippen LogP contribution in [0.25, 0.3) is 0 Å². The normalized spacial score (nSPS) is 20.9. The minimum Gasteiger partial charge on any atom is -0.315 e. The van der Waals surface area contributed by atoms with Gasteiger partial charge in [0.15, 0.2) is 5.03 Å². The SMILES string of the molecule is Cl.Cn1nccc1S(=O)(=O)NC1CCCNC1. The average molecular weight is 281 g/mol. The molecule has 1 aromatic rings. The fourth-order valence-electron chi connectivity index (χ4n) is 1.86. The first-order valence-corrected chi connectivity index (χ1v) is 6.79. The molecule has 0 radical (unpaired) electrons. The molecule has 0 bridgehead atoms. The highest BCUT2D eigenvalue weighted by atomic mass is 35.5. The van der Waals surface area contributed by atoms with Crippen LogP contribution in [0.5, 0.6) is 0 Å². The third kappa shape index (κ3) is 3.41. The van der Waals surface area contributed by atoms with Gasteiger partial charge in [-0.05, 0) is 25.5 Å². The molecule has 0 aliphatic carbocycles. The highest BCUT2D eigenvalue weighted by Crippen LogP contribution is 2.09. The van der Waals surface area contributed by atoms with Gasteiger partial charge in [0.05, 0.1) is 6.20 Å². The van der Waals surface area contributed by atoms with Crippen molar-refractivity contribution in [2.75, 3.05) is 13.1 Å². The summed E-state index contributed by atoms with van der Waals surface area (Å²) >= 11 is 0. The maximum Gasteiger partial charge on any atom is 0.257 e. The lowest BCUT2D eigenvalue weighted by Crippen LogP contribution is -2.45. The third-order valence-electron chi connectivity index (χ3n) is 2.67. The van der Waals surface area contributed by atoms with Gasteiger partial charge in [0, 0.05) is 19.6 Å². The van der Waals surface area contributed by atoms with Gasteiger partial charge < -0.3 is 5.32 Å². The van der Waals surface area contributed by atoms with Crippen LogP contribution in [0.2, 0.25) is 0 Å². The number of hydrogen-bond acceptors (Lipinski definition) is 4. The molecule has 0 aromatic carbocycles. The smallest absolute Gasteiger partial charge is 0.257 e. The molecule has 2 N–H and O–H groups in total. The fraction of sp³-hybridized carbons (Fsp3) is 0.667. The van der Waals surface area contributed by atoms with Crippen molar-refractivity contribution in [3.8, 4) is 0 Å². The van der Waals surface area contributed by atoms with Gasteiger partial charge in [-0.2, -0.15) is 5.10 Å². The lowest BCUT2D eigenvalue weighted by atomic mass is 10.1. The molecule has 1 aliphatic heterocycles. The summed E-state index contributed by atoms with van der Waals surface area (Å²) in [6.45, 7) is 1.65. The van der Waals surface area contributed by atoms with Gasteiger partial charge in [-0.15, -0.1) is 12.4 Å². The average Bonchev–Trinajstić information content (AvgIpc) is 2.66. The Morgan fingerprint density at radius 2 is 2.35 bits per heavy atom. The molecule has 2 rings (SSSR count). The molecular formula is C9H17ClN4O2S. The largest absolute Gasteiger partial charge is 0.315 e. The van der Waals surface area contributed by atoms with Gasteiger partial charge in [-0.25, -0.2) is 13.1 Å². The summed E-state index contributed by atoms with van der Waals surface area (Å²) in [5, 5.41) is 7.23. The zero-order valence-corrected chi connectivity index (χ0v) is 11.2.